The topological polar surface area (TPSA) is 72.2 Å². The number of thioether (sulfide) groups is 1. The highest BCUT2D eigenvalue weighted by Crippen LogP contribution is 2.29. The Labute approximate surface area is 151 Å². The summed E-state index contributed by atoms with van der Waals surface area (Å²) in [5.41, 5.74) is 1.50. The van der Waals surface area contributed by atoms with Gasteiger partial charge in [-0.05, 0) is 26.0 Å². The summed E-state index contributed by atoms with van der Waals surface area (Å²) in [6, 6.07) is 8.05. The van der Waals surface area contributed by atoms with Crippen molar-refractivity contribution < 1.29 is 4.79 Å². The van der Waals surface area contributed by atoms with E-state index in [4.69, 9.17) is 4.98 Å². The Hall–Kier alpha value is -2.15. The fourth-order valence-electron chi connectivity index (χ4n) is 2.65. The van der Waals surface area contributed by atoms with Crippen molar-refractivity contribution in [2.24, 2.45) is 0 Å². The molecular formula is C18H23N5OS. The Bertz CT molecular complexity index is 926. The zero-order valence-electron chi connectivity index (χ0n) is 15.2. The van der Waals surface area contributed by atoms with Crippen LogP contribution in [0.3, 0.4) is 0 Å². The number of carbonyl (C=O) groups excluding carboxylic acids is 1. The molecule has 3 aromatic rings. The predicted molar refractivity (Wildman–Crippen MR) is 101 cm³/mol. The number of hydrogen-bond donors (Lipinski definition) is 1. The van der Waals surface area contributed by atoms with Gasteiger partial charge in [0.25, 0.3) is 0 Å². The molecule has 0 aliphatic heterocycles. The molecule has 2 aromatic heterocycles. The van der Waals surface area contributed by atoms with Crippen LogP contribution in [0.4, 0.5) is 0 Å². The lowest BCUT2D eigenvalue weighted by Crippen LogP contribution is -2.31. The Morgan fingerprint density at radius 2 is 1.96 bits per heavy atom. The van der Waals surface area contributed by atoms with Crippen LogP contribution in [0.25, 0.3) is 16.6 Å². The van der Waals surface area contributed by atoms with Crippen molar-refractivity contribution in [1.29, 1.82) is 0 Å². The fourth-order valence-corrected chi connectivity index (χ4v) is 3.39. The van der Waals surface area contributed by atoms with Gasteiger partial charge in [0.1, 0.15) is 5.82 Å². The minimum Gasteiger partial charge on any atom is -0.353 e. The summed E-state index contributed by atoms with van der Waals surface area (Å²) in [5, 5.41) is 13.3. The molecule has 1 amide bonds. The summed E-state index contributed by atoms with van der Waals surface area (Å²) in [7, 11) is 0. The number of hydrogen-bond acceptors (Lipinski definition) is 5. The zero-order valence-corrected chi connectivity index (χ0v) is 16.0. The van der Waals surface area contributed by atoms with Crippen LogP contribution in [0.5, 0.6) is 0 Å². The normalized spacial score (nSPS) is 12.2. The second kappa shape index (κ2) is 6.63. The molecular weight excluding hydrogens is 334 g/mol. The van der Waals surface area contributed by atoms with Gasteiger partial charge < -0.3 is 5.32 Å². The van der Waals surface area contributed by atoms with Gasteiger partial charge >= 0.3 is 0 Å². The van der Waals surface area contributed by atoms with Gasteiger partial charge in [-0.15, -0.1) is 10.2 Å². The van der Waals surface area contributed by atoms with E-state index in [0.717, 1.165) is 22.4 Å². The van der Waals surface area contributed by atoms with Crippen molar-refractivity contribution >= 4 is 34.2 Å². The van der Waals surface area contributed by atoms with Crippen molar-refractivity contribution in [2.75, 3.05) is 5.75 Å². The predicted octanol–water partition coefficient (Wildman–Crippen LogP) is 3.19. The van der Waals surface area contributed by atoms with Gasteiger partial charge in [-0.3, -0.25) is 9.20 Å². The maximum Gasteiger partial charge on any atom is 0.230 e. The number of nitrogens with zero attached hydrogens (tertiary/aromatic N) is 4. The zero-order chi connectivity index (χ0) is 18.2. The molecule has 2 heterocycles. The summed E-state index contributed by atoms with van der Waals surface area (Å²) in [6.07, 6.45) is 0. The molecule has 7 heteroatoms. The van der Waals surface area contributed by atoms with E-state index in [1.54, 1.807) is 0 Å². The largest absolute Gasteiger partial charge is 0.353 e. The first-order chi connectivity index (χ1) is 11.8. The minimum atomic E-state index is -0.180. The highest BCUT2D eigenvalue weighted by molar-refractivity contribution is 7.99. The van der Waals surface area contributed by atoms with Gasteiger partial charge in [-0.25, -0.2) is 4.98 Å². The number of amides is 1. The smallest absolute Gasteiger partial charge is 0.230 e. The van der Waals surface area contributed by atoms with E-state index in [1.165, 1.54) is 11.8 Å². The van der Waals surface area contributed by atoms with Gasteiger partial charge in [-0.2, -0.15) is 0 Å². The quantitative estimate of drug-likeness (QED) is 0.726. The van der Waals surface area contributed by atoms with Crippen LogP contribution in [0.2, 0.25) is 0 Å². The van der Waals surface area contributed by atoms with Crippen molar-refractivity contribution in [2.45, 2.75) is 51.2 Å². The van der Waals surface area contributed by atoms with E-state index < -0.39 is 0 Å². The second-order valence-electron chi connectivity index (χ2n) is 7.36. The standard InChI is InChI=1S/C18H23N5OS/c1-11(2)19-14(24)10-25-17-22-21-15-12-8-6-7-9-13(12)20-16(23(15)17)18(3,4)5/h6-9,11H,10H2,1-5H3,(H,19,24). The first-order valence-electron chi connectivity index (χ1n) is 8.34. The molecule has 0 atom stereocenters. The van der Waals surface area contributed by atoms with Crippen molar-refractivity contribution in [3.8, 4) is 0 Å². The Morgan fingerprint density at radius 3 is 2.64 bits per heavy atom. The van der Waals surface area contributed by atoms with Crippen LogP contribution in [0.15, 0.2) is 29.4 Å². The maximum atomic E-state index is 12.0. The van der Waals surface area contributed by atoms with Gasteiger partial charge in [0.2, 0.25) is 5.91 Å². The molecule has 6 nitrogen and oxygen atoms in total. The summed E-state index contributed by atoms with van der Waals surface area (Å²) in [6.45, 7) is 10.2. The monoisotopic (exact) mass is 357 g/mol. The summed E-state index contributed by atoms with van der Waals surface area (Å²) in [4.78, 5) is 16.8. The van der Waals surface area contributed by atoms with E-state index in [-0.39, 0.29) is 17.4 Å². The van der Waals surface area contributed by atoms with Crippen molar-refractivity contribution in [3.63, 3.8) is 0 Å². The van der Waals surface area contributed by atoms with Crippen LogP contribution >= 0.6 is 11.8 Å². The van der Waals surface area contributed by atoms with Gasteiger partial charge in [0, 0.05) is 16.8 Å². The number of rotatable bonds is 4. The van der Waals surface area contributed by atoms with Gasteiger partial charge in [0.05, 0.1) is 11.3 Å². The first kappa shape index (κ1) is 17.7. The molecule has 0 radical (unpaired) electrons. The van der Waals surface area contributed by atoms with E-state index in [2.05, 4.69) is 36.3 Å². The maximum absolute atomic E-state index is 12.0. The number of carbonyl (C=O) groups is 1. The van der Waals surface area contributed by atoms with E-state index in [9.17, 15) is 4.79 Å². The van der Waals surface area contributed by atoms with Crippen molar-refractivity contribution in [1.82, 2.24) is 24.9 Å². The molecule has 1 N–H and O–H groups in total. The molecule has 25 heavy (non-hydrogen) atoms. The SMILES string of the molecule is CC(C)NC(=O)CSc1nnc2c3ccccc3nc(C(C)(C)C)n12. The number of fused-ring (bicyclic) bond motifs is 3. The van der Waals surface area contributed by atoms with E-state index in [1.807, 2.05) is 42.5 Å². The Balaban J connectivity index is 2.08. The molecule has 0 aliphatic carbocycles. The molecule has 0 bridgehead atoms. The third-order valence-corrected chi connectivity index (χ3v) is 4.60. The van der Waals surface area contributed by atoms with Crippen LogP contribution in [-0.4, -0.2) is 37.3 Å². The number of benzene rings is 1. The Kier molecular flexibility index (Phi) is 4.69. The molecule has 0 aliphatic rings. The molecule has 0 fully saturated rings. The van der Waals surface area contributed by atoms with E-state index in [0.29, 0.717) is 10.9 Å². The highest BCUT2D eigenvalue weighted by atomic mass is 32.2. The first-order valence-corrected chi connectivity index (χ1v) is 9.32. The molecule has 3 rings (SSSR count). The molecule has 1 aromatic carbocycles. The molecule has 0 saturated heterocycles. The highest BCUT2D eigenvalue weighted by Gasteiger charge is 2.24. The lowest BCUT2D eigenvalue weighted by molar-refractivity contribution is -0.119. The second-order valence-corrected chi connectivity index (χ2v) is 8.30. The van der Waals surface area contributed by atoms with Crippen LogP contribution < -0.4 is 5.32 Å². The number of aromatic nitrogens is 4. The summed E-state index contributed by atoms with van der Waals surface area (Å²) < 4.78 is 1.98. The fraction of sp³-hybridized carbons (Fsp3) is 0.444. The van der Waals surface area contributed by atoms with Gasteiger partial charge in [-0.1, -0.05) is 44.7 Å². The van der Waals surface area contributed by atoms with Crippen molar-refractivity contribution in [3.05, 3.63) is 30.1 Å². The third-order valence-electron chi connectivity index (χ3n) is 3.67. The summed E-state index contributed by atoms with van der Waals surface area (Å²) >= 11 is 1.38. The average Bonchev–Trinajstić information content (AvgIpc) is 2.94. The molecule has 0 saturated carbocycles. The van der Waals surface area contributed by atoms with Crippen LogP contribution in [-0.2, 0) is 10.2 Å². The summed E-state index contributed by atoms with van der Waals surface area (Å²) in [5.74, 6) is 1.18. The van der Waals surface area contributed by atoms with Crippen LogP contribution in [0.1, 0.15) is 40.4 Å². The third kappa shape index (κ3) is 3.61. The number of nitrogens with one attached hydrogen (secondary N) is 1. The average molecular weight is 357 g/mol. The lowest BCUT2D eigenvalue weighted by atomic mass is 9.95. The Morgan fingerprint density at radius 1 is 1.24 bits per heavy atom. The molecule has 0 unspecified atom stereocenters. The van der Waals surface area contributed by atoms with Gasteiger partial charge in [0.15, 0.2) is 10.8 Å². The van der Waals surface area contributed by atoms with E-state index >= 15 is 0 Å². The molecule has 0 spiro atoms. The number of para-hydroxylation sites is 1. The van der Waals surface area contributed by atoms with Crippen LogP contribution in [0, 0.1) is 0 Å². The minimum absolute atomic E-state index is 0.0113. The lowest BCUT2D eigenvalue weighted by Gasteiger charge is -2.20. The molecule has 132 valence electrons.